The fraction of sp³-hybridized carbons (Fsp3) is 0.0476. The van der Waals surface area contributed by atoms with Crippen LogP contribution in [0.3, 0.4) is 0 Å². The topological polar surface area (TPSA) is 29.3 Å². The minimum Gasteiger partial charge on any atom is -0.320 e. The quantitative estimate of drug-likeness (QED) is 0.232. The molecule has 1 aliphatic heterocycles. The zero-order valence-corrected chi connectivity index (χ0v) is 24.2. The van der Waals surface area contributed by atoms with Crippen LogP contribution in [0.5, 0.6) is 0 Å². The van der Waals surface area contributed by atoms with E-state index in [1.165, 1.54) is 55.5 Å². The molecular weight excluding hydrogens is 532 g/mol. The molecule has 208 valence electrons. The molecule has 0 amide bonds. The Morgan fingerprint density at radius 3 is 1.80 bits per heavy atom. The zero-order valence-electron chi connectivity index (χ0n) is 24.2. The molecule has 0 bridgehead atoms. The number of anilines is 3. The molecule has 0 radical (unpaired) electrons. The Labute approximate surface area is 257 Å². The highest BCUT2D eigenvalue weighted by Gasteiger charge is 2.52. The van der Waals surface area contributed by atoms with Gasteiger partial charge in [0.1, 0.15) is 0 Å². The van der Waals surface area contributed by atoms with Crippen molar-refractivity contribution in [3.05, 3.63) is 197 Å². The Morgan fingerprint density at radius 2 is 1.07 bits per heavy atom. The van der Waals surface area contributed by atoms with Gasteiger partial charge in [-0.2, -0.15) is 0 Å². The van der Waals surface area contributed by atoms with Crippen molar-refractivity contribution < 1.29 is 0 Å². The van der Waals surface area contributed by atoms with E-state index in [1.807, 2.05) is 6.07 Å². The van der Waals surface area contributed by atoms with Crippen LogP contribution >= 0.6 is 0 Å². The molecule has 1 atom stereocenters. The standard InChI is InChI=1S/C42H30N2/c43-41(29-14-3-1-4-15-29)30-24-25-33-34-26-23-28-13-7-8-18-32(28)40(34)42(37(33)27-30)35-19-9-11-21-38(35)44(31-16-5-2-6-17-31)39-22-12-10-20-36(39)42/h1-27,41H,43H2. The smallest absolute Gasteiger partial charge is 0.0760 e. The van der Waals surface area contributed by atoms with Crippen molar-refractivity contribution in [3.8, 4) is 11.1 Å². The summed E-state index contributed by atoms with van der Waals surface area (Å²) in [6.07, 6.45) is 0. The molecule has 2 aliphatic rings. The normalized spacial score (nSPS) is 14.5. The van der Waals surface area contributed by atoms with Crippen LogP contribution in [0.1, 0.15) is 39.4 Å². The van der Waals surface area contributed by atoms with E-state index in [0.717, 1.165) is 16.8 Å². The maximum atomic E-state index is 7.00. The van der Waals surface area contributed by atoms with E-state index in [4.69, 9.17) is 5.73 Å². The molecule has 2 nitrogen and oxygen atoms in total. The Balaban J connectivity index is 1.43. The molecule has 1 aliphatic carbocycles. The molecule has 7 aromatic carbocycles. The number of fused-ring (bicyclic) bond motifs is 11. The molecule has 2 N–H and O–H groups in total. The highest BCUT2D eigenvalue weighted by Crippen LogP contribution is 2.64. The maximum Gasteiger partial charge on any atom is 0.0760 e. The fourth-order valence-corrected chi connectivity index (χ4v) is 7.85. The van der Waals surface area contributed by atoms with Crippen LogP contribution in [-0.4, -0.2) is 0 Å². The van der Waals surface area contributed by atoms with E-state index >= 15 is 0 Å². The van der Waals surface area contributed by atoms with Crippen LogP contribution in [0.25, 0.3) is 21.9 Å². The number of nitrogens with two attached hydrogens (primary N) is 1. The summed E-state index contributed by atoms with van der Waals surface area (Å²) < 4.78 is 0. The Hall–Kier alpha value is -5.44. The van der Waals surface area contributed by atoms with Crippen molar-refractivity contribution in [1.29, 1.82) is 0 Å². The molecule has 1 unspecified atom stereocenters. The zero-order chi connectivity index (χ0) is 29.3. The molecule has 0 saturated carbocycles. The summed E-state index contributed by atoms with van der Waals surface area (Å²) in [5, 5.41) is 2.54. The lowest BCUT2D eigenvalue weighted by molar-refractivity contribution is 0.753. The summed E-state index contributed by atoms with van der Waals surface area (Å²) in [4.78, 5) is 2.43. The predicted octanol–water partition coefficient (Wildman–Crippen LogP) is 10.0. The van der Waals surface area contributed by atoms with Gasteiger partial charge in [-0.1, -0.05) is 140 Å². The first-order valence-corrected chi connectivity index (χ1v) is 15.3. The second-order valence-electron chi connectivity index (χ2n) is 11.9. The van der Waals surface area contributed by atoms with Crippen LogP contribution < -0.4 is 10.6 Å². The van der Waals surface area contributed by atoms with E-state index in [-0.39, 0.29) is 6.04 Å². The first-order chi connectivity index (χ1) is 21.8. The molecular formula is C42H30N2. The maximum absolute atomic E-state index is 7.00. The number of nitrogens with zero attached hydrogens (tertiary/aromatic N) is 1. The van der Waals surface area contributed by atoms with E-state index < -0.39 is 5.41 Å². The van der Waals surface area contributed by atoms with Crippen LogP contribution in [0.2, 0.25) is 0 Å². The second-order valence-corrected chi connectivity index (χ2v) is 11.9. The highest BCUT2D eigenvalue weighted by molar-refractivity contribution is 6.03. The average molecular weight is 563 g/mol. The van der Waals surface area contributed by atoms with Crippen LogP contribution in [0.4, 0.5) is 17.1 Å². The molecule has 0 fully saturated rings. The monoisotopic (exact) mass is 562 g/mol. The first-order valence-electron chi connectivity index (χ1n) is 15.3. The second kappa shape index (κ2) is 9.54. The van der Waals surface area contributed by atoms with Gasteiger partial charge in [0.2, 0.25) is 0 Å². The van der Waals surface area contributed by atoms with Crippen molar-refractivity contribution in [2.75, 3.05) is 4.90 Å². The van der Waals surface area contributed by atoms with Gasteiger partial charge >= 0.3 is 0 Å². The van der Waals surface area contributed by atoms with Crippen molar-refractivity contribution >= 4 is 27.8 Å². The van der Waals surface area contributed by atoms with Gasteiger partial charge in [0.15, 0.2) is 0 Å². The lowest BCUT2D eigenvalue weighted by Crippen LogP contribution is -2.36. The van der Waals surface area contributed by atoms with Gasteiger partial charge in [0.25, 0.3) is 0 Å². The minimum atomic E-state index is -0.531. The van der Waals surface area contributed by atoms with Gasteiger partial charge in [0, 0.05) is 5.69 Å². The third kappa shape index (κ3) is 3.35. The SMILES string of the molecule is NC(c1ccccc1)c1ccc2c(c1)C1(c3ccccc3N(c3ccccc3)c3ccccc31)c1c-2ccc2ccccc12. The summed E-state index contributed by atoms with van der Waals surface area (Å²) in [6.45, 7) is 0. The molecule has 9 rings (SSSR count). The Morgan fingerprint density at radius 1 is 0.477 bits per heavy atom. The summed E-state index contributed by atoms with van der Waals surface area (Å²) in [6, 6.07) is 59.3. The van der Waals surface area contributed by atoms with Crippen LogP contribution in [-0.2, 0) is 5.41 Å². The van der Waals surface area contributed by atoms with Gasteiger partial charge < -0.3 is 10.6 Å². The Bertz CT molecular complexity index is 2150. The summed E-state index contributed by atoms with van der Waals surface area (Å²) in [7, 11) is 0. The summed E-state index contributed by atoms with van der Waals surface area (Å²) in [5.74, 6) is 0. The predicted molar refractivity (Wildman–Crippen MR) is 182 cm³/mol. The molecule has 0 saturated heterocycles. The summed E-state index contributed by atoms with van der Waals surface area (Å²) >= 11 is 0. The molecule has 2 heteroatoms. The highest BCUT2D eigenvalue weighted by atomic mass is 15.2. The van der Waals surface area contributed by atoms with E-state index in [9.17, 15) is 0 Å². The molecule has 1 heterocycles. The number of hydrogen-bond donors (Lipinski definition) is 1. The fourth-order valence-electron chi connectivity index (χ4n) is 7.85. The van der Waals surface area contributed by atoms with Gasteiger partial charge in [-0.25, -0.2) is 0 Å². The van der Waals surface area contributed by atoms with E-state index in [2.05, 4.69) is 163 Å². The van der Waals surface area contributed by atoms with Crippen molar-refractivity contribution in [2.24, 2.45) is 5.73 Å². The van der Waals surface area contributed by atoms with Crippen molar-refractivity contribution in [3.63, 3.8) is 0 Å². The van der Waals surface area contributed by atoms with Crippen LogP contribution in [0.15, 0.2) is 164 Å². The number of para-hydroxylation sites is 3. The van der Waals surface area contributed by atoms with Crippen LogP contribution in [0, 0.1) is 0 Å². The number of hydrogen-bond acceptors (Lipinski definition) is 2. The average Bonchev–Trinajstić information content (AvgIpc) is 3.39. The largest absolute Gasteiger partial charge is 0.320 e. The lowest BCUT2D eigenvalue weighted by atomic mass is 9.63. The van der Waals surface area contributed by atoms with Gasteiger partial charge in [0.05, 0.1) is 22.8 Å². The Kier molecular flexibility index (Phi) is 5.44. The molecule has 7 aromatic rings. The van der Waals surface area contributed by atoms with E-state index in [0.29, 0.717) is 0 Å². The van der Waals surface area contributed by atoms with Crippen molar-refractivity contribution in [1.82, 2.24) is 0 Å². The number of rotatable bonds is 3. The molecule has 1 spiro atoms. The van der Waals surface area contributed by atoms with Gasteiger partial charge in [-0.15, -0.1) is 0 Å². The molecule has 0 aromatic heterocycles. The van der Waals surface area contributed by atoms with Crippen molar-refractivity contribution in [2.45, 2.75) is 11.5 Å². The minimum absolute atomic E-state index is 0.228. The van der Waals surface area contributed by atoms with Gasteiger partial charge in [-0.05, 0) is 79.5 Å². The van der Waals surface area contributed by atoms with Gasteiger partial charge in [-0.3, -0.25) is 0 Å². The summed E-state index contributed by atoms with van der Waals surface area (Å²) in [5.41, 5.74) is 20.0. The first kappa shape index (κ1) is 25.1. The lowest BCUT2D eigenvalue weighted by Gasteiger charge is -2.45. The third-order valence-corrected chi connectivity index (χ3v) is 9.67. The van der Waals surface area contributed by atoms with E-state index in [1.54, 1.807) is 0 Å². The number of benzene rings is 7. The third-order valence-electron chi connectivity index (χ3n) is 9.67. The molecule has 44 heavy (non-hydrogen) atoms.